The normalized spacial score (nSPS) is 11.3. The molecule has 6 nitrogen and oxygen atoms in total. The van der Waals surface area contributed by atoms with Gasteiger partial charge in [0.1, 0.15) is 11.6 Å². The lowest BCUT2D eigenvalue weighted by molar-refractivity contribution is 0.340. The van der Waals surface area contributed by atoms with Gasteiger partial charge >= 0.3 is 0 Å². The SMILES string of the molecule is CCOc1ccc(CN(C)C(=NC)NCc2nccn2Cc2ccccc2)cc1. The number of imidazole rings is 1. The van der Waals surface area contributed by atoms with Gasteiger partial charge in [-0.25, -0.2) is 4.98 Å². The molecule has 0 saturated heterocycles. The van der Waals surface area contributed by atoms with Gasteiger partial charge < -0.3 is 19.5 Å². The van der Waals surface area contributed by atoms with Gasteiger partial charge in [0.05, 0.1) is 13.2 Å². The van der Waals surface area contributed by atoms with Crippen LogP contribution in [0.25, 0.3) is 0 Å². The fourth-order valence-corrected chi connectivity index (χ4v) is 3.18. The molecule has 6 heteroatoms. The number of nitrogens with one attached hydrogen (secondary N) is 1. The van der Waals surface area contributed by atoms with Crippen LogP contribution in [0.3, 0.4) is 0 Å². The van der Waals surface area contributed by atoms with Crippen molar-refractivity contribution < 1.29 is 4.74 Å². The second kappa shape index (κ2) is 10.3. The summed E-state index contributed by atoms with van der Waals surface area (Å²) in [5.74, 6) is 2.70. The first-order valence-corrected chi connectivity index (χ1v) is 9.87. The predicted molar refractivity (Wildman–Crippen MR) is 117 cm³/mol. The van der Waals surface area contributed by atoms with Gasteiger partial charge in [0.25, 0.3) is 0 Å². The Labute approximate surface area is 172 Å². The molecule has 0 amide bonds. The zero-order chi connectivity index (χ0) is 20.5. The standard InChI is InChI=1S/C23H29N5O/c1-4-29-21-12-10-20(11-13-21)17-27(3)23(24-2)26-16-22-25-14-15-28(22)18-19-8-6-5-7-9-19/h5-15H,4,16-18H2,1-3H3,(H,24,26). The number of ether oxygens (including phenoxy) is 1. The van der Waals surface area contributed by atoms with E-state index < -0.39 is 0 Å². The Kier molecular flexibility index (Phi) is 7.28. The van der Waals surface area contributed by atoms with E-state index in [1.807, 2.05) is 44.6 Å². The summed E-state index contributed by atoms with van der Waals surface area (Å²) in [5.41, 5.74) is 2.45. The van der Waals surface area contributed by atoms with Gasteiger partial charge in [0.15, 0.2) is 5.96 Å². The van der Waals surface area contributed by atoms with Crippen molar-refractivity contribution in [2.24, 2.45) is 4.99 Å². The maximum absolute atomic E-state index is 5.51. The fourth-order valence-electron chi connectivity index (χ4n) is 3.18. The van der Waals surface area contributed by atoms with Crippen LogP contribution in [0.5, 0.6) is 5.75 Å². The van der Waals surface area contributed by atoms with Crippen molar-refractivity contribution in [2.75, 3.05) is 20.7 Å². The summed E-state index contributed by atoms with van der Waals surface area (Å²) in [6, 6.07) is 18.6. The number of aromatic nitrogens is 2. The second-order valence-electron chi connectivity index (χ2n) is 6.79. The molecule has 3 aromatic rings. The Hall–Kier alpha value is -3.28. The maximum atomic E-state index is 5.51. The molecule has 0 aliphatic rings. The minimum absolute atomic E-state index is 0.611. The summed E-state index contributed by atoms with van der Waals surface area (Å²) in [5, 5.41) is 3.42. The smallest absolute Gasteiger partial charge is 0.194 e. The maximum Gasteiger partial charge on any atom is 0.194 e. The van der Waals surface area contributed by atoms with E-state index >= 15 is 0 Å². The Morgan fingerprint density at radius 1 is 1.10 bits per heavy atom. The molecule has 1 N–H and O–H groups in total. The van der Waals surface area contributed by atoms with E-state index in [2.05, 4.69) is 61.2 Å². The van der Waals surface area contributed by atoms with E-state index in [4.69, 9.17) is 4.74 Å². The highest BCUT2D eigenvalue weighted by atomic mass is 16.5. The van der Waals surface area contributed by atoms with Crippen LogP contribution < -0.4 is 10.1 Å². The highest BCUT2D eigenvalue weighted by Crippen LogP contribution is 2.13. The quantitative estimate of drug-likeness (QED) is 0.471. The molecule has 0 atom stereocenters. The number of hydrogen-bond acceptors (Lipinski definition) is 3. The Bertz CT molecular complexity index is 903. The van der Waals surface area contributed by atoms with E-state index in [0.29, 0.717) is 13.2 Å². The van der Waals surface area contributed by atoms with E-state index in [-0.39, 0.29) is 0 Å². The van der Waals surface area contributed by atoms with Gasteiger partial charge in [-0.1, -0.05) is 42.5 Å². The van der Waals surface area contributed by atoms with Crippen LogP contribution in [-0.4, -0.2) is 41.1 Å². The van der Waals surface area contributed by atoms with Crippen molar-refractivity contribution in [2.45, 2.75) is 26.6 Å². The highest BCUT2D eigenvalue weighted by molar-refractivity contribution is 5.79. The molecule has 29 heavy (non-hydrogen) atoms. The molecule has 3 rings (SSSR count). The van der Waals surface area contributed by atoms with Gasteiger partial charge in [-0.05, 0) is 30.2 Å². The molecule has 1 aromatic heterocycles. The first-order valence-electron chi connectivity index (χ1n) is 9.87. The summed E-state index contributed by atoms with van der Waals surface area (Å²) in [6.07, 6.45) is 3.85. The average Bonchev–Trinajstić information content (AvgIpc) is 3.18. The van der Waals surface area contributed by atoms with Crippen LogP contribution in [0.15, 0.2) is 72.0 Å². The fraction of sp³-hybridized carbons (Fsp3) is 0.304. The molecule has 0 spiro atoms. The van der Waals surface area contributed by atoms with Crippen molar-refractivity contribution in [3.8, 4) is 5.75 Å². The molecule has 0 aliphatic carbocycles. The zero-order valence-corrected chi connectivity index (χ0v) is 17.4. The van der Waals surface area contributed by atoms with Crippen molar-refractivity contribution in [3.05, 3.63) is 83.9 Å². The molecule has 0 aliphatic heterocycles. The topological polar surface area (TPSA) is 54.7 Å². The summed E-state index contributed by atoms with van der Waals surface area (Å²) < 4.78 is 7.66. The van der Waals surface area contributed by atoms with Gasteiger partial charge in [-0.15, -0.1) is 0 Å². The Balaban J connectivity index is 1.57. The van der Waals surface area contributed by atoms with Crippen LogP contribution >= 0.6 is 0 Å². The largest absolute Gasteiger partial charge is 0.494 e. The van der Waals surface area contributed by atoms with Crippen LogP contribution in [-0.2, 0) is 19.6 Å². The van der Waals surface area contributed by atoms with Crippen molar-refractivity contribution in [1.82, 2.24) is 19.8 Å². The van der Waals surface area contributed by atoms with Crippen molar-refractivity contribution in [3.63, 3.8) is 0 Å². The molecule has 0 unspecified atom stereocenters. The zero-order valence-electron chi connectivity index (χ0n) is 17.4. The highest BCUT2D eigenvalue weighted by Gasteiger charge is 2.09. The van der Waals surface area contributed by atoms with Gasteiger partial charge in [-0.2, -0.15) is 0 Å². The Morgan fingerprint density at radius 3 is 2.55 bits per heavy atom. The van der Waals surface area contributed by atoms with Gasteiger partial charge in [0.2, 0.25) is 0 Å². The van der Waals surface area contributed by atoms with Crippen molar-refractivity contribution >= 4 is 5.96 Å². The molecule has 0 fully saturated rings. The lowest BCUT2D eigenvalue weighted by Crippen LogP contribution is -2.38. The number of hydrogen-bond donors (Lipinski definition) is 1. The van der Waals surface area contributed by atoms with Crippen molar-refractivity contribution in [1.29, 1.82) is 0 Å². The third-order valence-electron chi connectivity index (χ3n) is 4.63. The lowest BCUT2D eigenvalue weighted by atomic mass is 10.2. The van der Waals surface area contributed by atoms with Gasteiger partial charge in [-0.3, -0.25) is 4.99 Å². The average molecular weight is 392 g/mol. The molecule has 0 saturated carbocycles. The number of benzene rings is 2. The monoisotopic (exact) mass is 391 g/mol. The first-order chi connectivity index (χ1) is 14.2. The van der Waals surface area contributed by atoms with E-state index in [1.54, 1.807) is 7.05 Å². The molecule has 2 aromatic carbocycles. The molecule has 0 bridgehead atoms. The second-order valence-corrected chi connectivity index (χ2v) is 6.79. The first kappa shape index (κ1) is 20.5. The predicted octanol–water partition coefficient (Wildman–Crippen LogP) is 3.54. The number of rotatable bonds is 8. The summed E-state index contributed by atoms with van der Waals surface area (Å²) in [4.78, 5) is 11.0. The van der Waals surface area contributed by atoms with Crippen LogP contribution in [0.4, 0.5) is 0 Å². The molecule has 152 valence electrons. The van der Waals surface area contributed by atoms with Crippen LogP contribution in [0, 0.1) is 0 Å². The van der Waals surface area contributed by atoms with E-state index in [1.165, 1.54) is 11.1 Å². The minimum Gasteiger partial charge on any atom is -0.494 e. The summed E-state index contributed by atoms with van der Waals surface area (Å²) in [7, 11) is 3.83. The number of nitrogens with zero attached hydrogens (tertiary/aromatic N) is 4. The van der Waals surface area contributed by atoms with Crippen LogP contribution in [0.1, 0.15) is 23.9 Å². The molecule has 0 radical (unpaired) electrons. The molecule has 1 heterocycles. The molecular weight excluding hydrogens is 362 g/mol. The van der Waals surface area contributed by atoms with E-state index in [0.717, 1.165) is 30.6 Å². The summed E-state index contributed by atoms with van der Waals surface area (Å²) >= 11 is 0. The minimum atomic E-state index is 0.611. The number of aliphatic imine (C=N–C) groups is 1. The summed E-state index contributed by atoms with van der Waals surface area (Å²) in [6.45, 7) is 4.83. The van der Waals surface area contributed by atoms with Crippen LogP contribution in [0.2, 0.25) is 0 Å². The van der Waals surface area contributed by atoms with Gasteiger partial charge in [0, 0.05) is 39.6 Å². The third kappa shape index (κ3) is 5.85. The molecular formula is C23H29N5O. The third-order valence-corrected chi connectivity index (χ3v) is 4.63. The Morgan fingerprint density at radius 2 is 1.86 bits per heavy atom. The number of guanidine groups is 1. The lowest BCUT2D eigenvalue weighted by Gasteiger charge is -2.22. The van der Waals surface area contributed by atoms with E-state index in [9.17, 15) is 0 Å².